The summed E-state index contributed by atoms with van der Waals surface area (Å²) in [5.74, 6) is -1.80. The molecule has 1 N–H and O–H groups in total. The predicted molar refractivity (Wildman–Crippen MR) is 74.7 cm³/mol. The highest BCUT2D eigenvalue weighted by atomic mass is 19.1. The van der Waals surface area contributed by atoms with E-state index in [0.717, 1.165) is 25.7 Å². The number of carboxylic acids is 1. The van der Waals surface area contributed by atoms with E-state index in [1.54, 1.807) is 6.92 Å². The number of carbonyl (C=O) groups excluding carboxylic acids is 1. The smallest absolute Gasteiger partial charge is 0.343 e. The first-order chi connectivity index (χ1) is 9.92. The summed E-state index contributed by atoms with van der Waals surface area (Å²) in [6.07, 6.45) is 5.86. The molecule has 1 amide bonds. The molecular formula is C15H24FNO4. The second-order valence-electron chi connectivity index (χ2n) is 6.17. The number of likely N-dealkylation sites (tertiary alicyclic amines) is 1. The zero-order valence-corrected chi connectivity index (χ0v) is 12.5. The lowest BCUT2D eigenvalue weighted by Crippen LogP contribution is -2.43. The molecule has 1 aliphatic carbocycles. The van der Waals surface area contributed by atoms with E-state index in [-0.39, 0.29) is 31.5 Å². The topological polar surface area (TPSA) is 66.8 Å². The second kappa shape index (κ2) is 6.73. The predicted octanol–water partition coefficient (Wildman–Crippen LogP) is 2.14. The van der Waals surface area contributed by atoms with Gasteiger partial charge in [0.2, 0.25) is 5.67 Å². The van der Waals surface area contributed by atoms with E-state index in [0.29, 0.717) is 0 Å². The second-order valence-corrected chi connectivity index (χ2v) is 6.17. The van der Waals surface area contributed by atoms with Crippen molar-refractivity contribution in [3.05, 3.63) is 0 Å². The molecule has 5 nitrogen and oxygen atoms in total. The molecule has 6 heteroatoms. The van der Waals surface area contributed by atoms with Crippen molar-refractivity contribution in [2.45, 2.75) is 69.7 Å². The third-order valence-electron chi connectivity index (χ3n) is 4.46. The SMILES string of the molecule is CC(OC1CCCCCC1)C(=O)N1CCC(F)(C(=O)O)C1. The molecule has 0 spiro atoms. The normalized spacial score (nSPS) is 29.1. The largest absolute Gasteiger partial charge is 0.479 e. The summed E-state index contributed by atoms with van der Waals surface area (Å²) in [5, 5.41) is 8.86. The number of nitrogens with zero attached hydrogens (tertiary/aromatic N) is 1. The van der Waals surface area contributed by atoms with Crippen LogP contribution in [0.15, 0.2) is 0 Å². The molecule has 1 heterocycles. The number of carboxylic acid groups (broad SMARTS) is 1. The van der Waals surface area contributed by atoms with Crippen LogP contribution >= 0.6 is 0 Å². The molecule has 1 saturated heterocycles. The van der Waals surface area contributed by atoms with Crippen LogP contribution in [0.1, 0.15) is 51.9 Å². The summed E-state index contributed by atoms with van der Waals surface area (Å²) in [6.45, 7) is 1.44. The molecule has 0 aromatic rings. The third kappa shape index (κ3) is 3.93. The number of ether oxygens (including phenoxy) is 1. The molecule has 2 aliphatic rings. The van der Waals surface area contributed by atoms with Crippen molar-refractivity contribution >= 4 is 11.9 Å². The summed E-state index contributed by atoms with van der Waals surface area (Å²) in [6, 6.07) is 0. The Labute approximate surface area is 124 Å². The average Bonchev–Trinajstić information content (AvgIpc) is 2.68. The van der Waals surface area contributed by atoms with Crippen LogP contribution in [0.25, 0.3) is 0 Å². The van der Waals surface area contributed by atoms with Crippen LogP contribution in [-0.2, 0) is 14.3 Å². The van der Waals surface area contributed by atoms with Gasteiger partial charge in [0, 0.05) is 13.0 Å². The number of aliphatic carboxylic acids is 1. The molecule has 1 saturated carbocycles. The van der Waals surface area contributed by atoms with Gasteiger partial charge < -0.3 is 14.7 Å². The molecule has 0 aromatic heterocycles. The highest BCUT2D eigenvalue weighted by Gasteiger charge is 2.47. The van der Waals surface area contributed by atoms with Crippen LogP contribution in [0.2, 0.25) is 0 Å². The molecule has 2 atom stereocenters. The van der Waals surface area contributed by atoms with Crippen molar-refractivity contribution in [2.24, 2.45) is 0 Å². The monoisotopic (exact) mass is 301 g/mol. The van der Waals surface area contributed by atoms with E-state index < -0.39 is 17.7 Å². The zero-order valence-electron chi connectivity index (χ0n) is 12.5. The summed E-state index contributed by atoms with van der Waals surface area (Å²) >= 11 is 0. The Hall–Kier alpha value is -1.17. The minimum absolute atomic E-state index is 0.0867. The Morgan fingerprint density at radius 3 is 2.43 bits per heavy atom. The van der Waals surface area contributed by atoms with Crippen LogP contribution in [-0.4, -0.2) is 52.8 Å². The van der Waals surface area contributed by atoms with Crippen LogP contribution in [0.3, 0.4) is 0 Å². The fourth-order valence-electron chi connectivity index (χ4n) is 3.12. The maximum Gasteiger partial charge on any atom is 0.343 e. The Morgan fingerprint density at radius 1 is 1.29 bits per heavy atom. The van der Waals surface area contributed by atoms with Gasteiger partial charge in [0.15, 0.2) is 0 Å². The molecule has 2 unspecified atom stereocenters. The van der Waals surface area contributed by atoms with E-state index in [2.05, 4.69) is 0 Å². The fraction of sp³-hybridized carbons (Fsp3) is 0.867. The Balaban J connectivity index is 1.86. The van der Waals surface area contributed by atoms with Gasteiger partial charge in [-0.1, -0.05) is 25.7 Å². The van der Waals surface area contributed by atoms with Crippen molar-refractivity contribution in [1.29, 1.82) is 0 Å². The highest BCUT2D eigenvalue weighted by molar-refractivity contribution is 5.84. The van der Waals surface area contributed by atoms with Gasteiger partial charge in [0.1, 0.15) is 6.10 Å². The molecule has 0 bridgehead atoms. The molecule has 0 radical (unpaired) electrons. The molecule has 21 heavy (non-hydrogen) atoms. The van der Waals surface area contributed by atoms with Crippen molar-refractivity contribution in [3.63, 3.8) is 0 Å². The van der Waals surface area contributed by atoms with Gasteiger partial charge >= 0.3 is 5.97 Å². The van der Waals surface area contributed by atoms with E-state index in [1.807, 2.05) is 0 Å². The molecule has 1 aliphatic heterocycles. The number of hydrogen-bond acceptors (Lipinski definition) is 3. The van der Waals surface area contributed by atoms with Gasteiger partial charge in [-0.2, -0.15) is 0 Å². The van der Waals surface area contributed by atoms with Crippen LogP contribution in [0.5, 0.6) is 0 Å². The first-order valence-corrected chi connectivity index (χ1v) is 7.79. The molecule has 120 valence electrons. The number of halogens is 1. The Morgan fingerprint density at radius 2 is 1.90 bits per heavy atom. The number of carbonyl (C=O) groups is 2. The van der Waals surface area contributed by atoms with Crippen molar-refractivity contribution in [1.82, 2.24) is 4.90 Å². The Bertz CT molecular complexity index is 395. The average molecular weight is 301 g/mol. The first kappa shape index (κ1) is 16.2. The number of rotatable bonds is 4. The first-order valence-electron chi connectivity index (χ1n) is 7.79. The minimum Gasteiger partial charge on any atom is -0.479 e. The van der Waals surface area contributed by atoms with Crippen LogP contribution in [0, 0.1) is 0 Å². The lowest BCUT2D eigenvalue weighted by atomic mass is 10.1. The number of alkyl halides is 1. The highest BCUT2D eigenvalue weighted by Crippen LogP contribution is 2.27. The van der Waals surface area contributed by atoms with Crippen LogP contribution in [0.4, 0.5) is 4.39 Å². The van der Waals surface area contributed by atoms with Gasteiger partial charge in [0.05, 0.1) is 12.6 Å². The van der Waals surface area contributed by atoms with Crippen molar-refractivity contribution in [3.8, 4) is 0 Å². The molecule has 2 rings (SSSR count). The summed E-state index contributed by atoms with van der Waals surface area (Å²) in [4.78, 5) is 24.4. The zero-order chi connectivity index (χ0) is 15.5. The van der Waals surface area contributed by atoms with Gasteiger partial charge in [-0.05, 0) is 19.8 Å². The third-order valence-corrected chi connectivity index (χ3v) is 4.46. The lowest BCUT2D eigenvalue weighted by Gasteiger charge is -2.25. The van der Waals surface area contributed by atoms with Gasteiger partial charge in [-0.15, -0.1) is 0 Å². The molecule has 0 aromatic carbocycles. The van der Waals surface area contributed by atoms with E-state index in [9.17, 15) is 14.0 Å². The number of hydrogen-bond donors (Lipinski definition) is 1. The van der Waals surface area contributed by atoms with Crippen molar-refractivity contribution in [2.75, 3.05) is 13.1 Å². The molecule has 2 fully saturated rings. The Kier molecular flexibility index (Phi) is 5.19. The fourth-order valence-corrected chi connectivity index (χ4v) is 3.12. The minimum atomic E-state index is -2.31. The standard InChI is InChI=1S/C15H24FNO4/c1-11(21-12-6-4-2-3-5-7-12)13(18)17-9-8-15(16,10-17)14(19)20/h11-12H,2-10H2,1H3,(H,19,20). The lowest BCUT2D eigenvalue weighted by molar-refractivity contribution is -0.152. The van der Waals surface area contributed by atoms with E-state index in [4.69, 9.17) is 9.84 Å². The van der Waals surface area contributed by atoms with Gasteiger partial charge in [-0.3, -0.25) is 4.79 Å². The summed E-state index contributed by atoms with van der Waals surface area (Å²) < 4.78 is 19.8. The van der Waals surface area contributed by atoms with Gasteiger partial charge in [0.25, 0.3) is 5.91 Å². The quantitative estimate of drug-likeness (QED) is 0.808. The van der Waals surface area contributed by atoms with Crippen LogP contribution < -0.4 is 0 Å². The summed E-state index contributed by atoms with van der Waals surface area (Å²) in [7, 11) is 0. The van der Waals surface area contributed by atoms with Crippen molar-refractivity contribution < 1.29 is 23.8 Å². The van der Waals surface area contributed by atoms with E-state index in [1.165, 1.54) is 17.7 Å². The maximum absolute atomic E-state index is 14.0. The summed E-state index contributed by atoms with van der Waals surface area (Å²) in [5.41, 5.74) is -2.31. The van der Waals surface area contributed by atoms with E-state index >= 15 is 0 Å². The molecular weight excluding hydrogens is 277 g/mol. The maximum atomic E-state index is 14.0. The van der Waals surface area contributed by atoms with Gasteiger partial charge in [-0.25, -0.2) is 9.18 Å². The number of amides is 1.